The molecule has 0 aliphatic rings. The zero-order valence-electron chi connectivity index (χ0n) is 14.3. The molecule has 2 aromatic carbocycles. The maximum Gasteiger partial charge on any atom is 0.416 e. The van der Waals surface area contributed by atoms with Crippen LogP contribution in [0, 0.1) is 0 Å². The molecule has 0 atom stereocenters. The molecule has 1 amide bonds. The van der Waals surface area contributed by atoms with E-state index in [9.17, 15) is 18.0 Å². The number of carbonyl (C=O) groups is 1. The van der Waals surface area contributed by atoms with Gasteiger partial charge in [0.1, 0.15) is 5.82 Å². The van der Waals surface area contributed by atoms with Crippen molar-refractivity contribution >= 4 is 17.4 Å². The molecular weight excluding hydrogens is 343 g/mol. The molecule has 0 spiro atoms. The van der Waals surface area contributed by atoms with Gasteiger partial charge in [0.15, 0.2) is 0 Å². The summed E-state index contributed by atoms with van der Waals surface area (Å²) in [5.74, 6) is 0.509. The van der Waals surface area contributed by atoms with Gasteiger partial charge in [0.05, 0.1) is 16.6 Å². The number of hydrogen-bond acceptors (Lipinski definition) is 2. The topological polar surface area (TPSA) is 57.8 Å². The highest BCUT2D eigenvalue weighted by molar-refractivity contribution is 5.80. The summed E-state index contributed by atoms with van der Waals surface area (Å²) in [6.45, 7) is 4.50. The summed E-state index contributed by atoms with van der Waals surface area (Å²) >= 11 is 0. The minimum atomic E-state index is -4.36. The van der Waals surface area contributed by atoms with E-state index in [1.807, 2.05) is 32.0 Å². The Labute approximate surface area is 148 Å². The molecule has 0 aliphatic heterocycles. The molecule has 26 heavy (non-hydrogen) atoms. The van der Waals surface area contributed by atoms with Crippen LogP contribution in [-0.2, 0) is 16.4 Å². The van der Waals surface area contributed by atoms with E-state index < -0.39 is 11.7 Å². The number of nitrogens with zero attached hydrogens (tertiary/aromatic N) is 1. The Morgan fingerprint density at radius 3 is 2.35 bits per heavy atom. The highest BCUT2D eigenvalue weighted by Gasteiger charge is 2.30. The Kier molecular flexibility index (Phi) is 4.48. The second-order valence-corrected chi connectivity index (χ2v) is 6.78. The molecule has 0 aliphatic carbocycles. The molecule has 0 unspecified atom stereocenters. The van der Waals surface area contributed by atoms with E-state index in [2.05, 4.69) is 15.3 Å². The lowest BCUT2D eigenvalue weighted by Gasteiger charge is -2.24. The maximum atomic E-state index is 12.7. The smallest absolute Gasteiger partial charge is 0.358 e. The van der Waals surface area contributed by atoms with Gasteiger partial charge in [0.2, 0.25) is 6.41 Å². The van der Waals surface area contributed by atoms with Crippen LogP contribution in [0.3, 0.4) is 0 Å². The number of hydrogen-bond donors (Lipinski definition) is 2. The van der Waals surface area contributed by atoms with E-state index in [-0.39, 0.29) is 5.41 Å². The minimum Gasteiger partial charge on any atom is -0.358 e. The quantitative estimate of drug-likeness (QED) is 0.667. The number of halogens is 3. The van der Waals surface area contributed by atoms with E-state index in [1.54, 1.807) is 0 Å². The van der Waals surface area contributed by atoms with Gasteiger partial charge in [-0.2, -0.15) is 13.2 Å². The molecule has 1 aromatic heterocycles. The first-order valence-electron chi connectivity index (χ1n) is 8.06. The molecular formula is C19H18F3N3O. The van der Waals surface area contributed by atoms with Gasteiger partial charge in [-0.05, 0) is 29.8 Å². The molecule has 1 heterocycles. The largest absolute Gasteiger partial charge is 0.416 e. The van der Waals surface area contributed by atoms with Gasteiger partial charge in [-0.25, -0.2) is 4.98 Å². The third-order valence-corrected chi connectivity index (χ3v) is 4.38. The van der Waals surface area contributed by atoms with Crippen molar-refractivity contribution in [1.82, 2.24) is 15.3 Å². The van der Waals surface area contributed by atoms with Crippen LogP contribution in [-0.4, -0.2) is 22.9 Å². The van der Waals surface area contributed by atoms with Crippen LogP contribution in [0.5, 0.6) is 0 Å². The summed E-state index contributed by atoms with van der Waals surface area (Å²) in [6, 6.07) is 10.6. The third-order valence-electron chi connectivity index (χ3n) is 4.38. The van der Waals surface area contributed by atoms with Gasteiger partial charge >= 0.3 is 6.18 Å². The molecule has 3 aromatic rings. The molecule has 4 nitrogen and oxygen atoms in total. The first-order chi connectivity index (χ1) is 12.2. The summed E-state index contributed by atoms with van der Waals surface area (Å²) in [7, 11) is 0. The molecule has 0 radical (unpaired) electrons. The normalized spacial score (nSPS) is 12.3. The second kappa shape index (κ2) is 6.48. The predicted octanol–water partition coefficient (Wildman–Crippen LogP) is 4.27. The number of carbonyl (C=O) groups excluding carboxylic acids is 1. The number of rotatable bonds is 5. The van der Waals surface area contributed by atoms with Crippen LogP contribution in [0.4, 0.5) is 13.2 Å². The highest BCUT2D eigenvalue weighted by Crippen LogP contribution is 2.31. The third kappa shape index (κ3) is 3.56. The number of alkyl halides is 3. The van der Waals surface area contributed by atoms with E-state index in [0.717, 1.165) is 28.7 Å². The zero-order valence-corrected chi connectivity index (χ0v) is 14.3. The fourth-order valence-electron chi connectivity index (χ4n) is 2.78. The maximum absolute atomic E-state index is 12.7. The highest BCUT2D eigenvalue weighted by atomic mass is 19.4. The molecule has 0 bridgehead atoms. The lowest BCUT2D eigenvalue weighted by Crippen LogP contribution is -2.32. The summed E-state index contributed by atoms with van der Waals surface area (Å²) in [4.78, 5) is 18.2. The molecule has 3 rings (SSSR count). The fourth-order valence-corrected chi connectivity index (χ4v) is 2.78. The number of fused-ring (bicyclic) bond motifs is 1. The van der Waals surface area contributed by atoms with Gasteiger partial charge in [0, 0.05) is 17.5 Å². The Balaban J connectivity index is 1.93. The predicted molar refractivity (Wildman–Crippen MR) is 93.6 cm³/mol. The molecule has 136 valence electrons. The van der Waals surface area contributed by atoms with Crippen molar-refractivity contribution < 1.29 is 18.0 Å². The van der Waals surface area contributed by atoms with E-state index in [4.69, 9.17) is 0 Å². The number of imidazole rings is 1. The average Bonchev–Trinajstić information content (AvgIpc) is 3.02. The number of aromatic amines is 1. The zero-order chi connectivity index (χ0) is 18.9. The average molecular weight is 361 g/mol. The van der Waals surface area contributed by atoms with Crippen molar-refractivity contribution in [3.63, 3.8) is 0 Å². The number of nitrogens with one attached hydrogen (secondary N) is 2. The SMILES string of the molecule is CC(C)(CNC=O)c1ccc2[nH]c(-c3ccc(C(F)(F)F)cc3)nc2c1. The first-order valence-corrected chi connectivity index (χ1v) is 8.06. The summed E-state index contributed by atoms with van der Waals surface area (Å²) in [5.41, 5.74) is 2.13. The van der Waals surface area contributed by atoms with Crippen LogP contribution in [0.2, 0.25) is 0 Å². The fraction of sp³-hybridized carbons (Fsp3) is 0.263. The number of H-pyrrole nitrogens is 1. The van der Waals surface area contributed by atoms with Crippen LogP contribution < -0.4 is 5.32 Å². The Bertz CT molecular complexity index is 927. The summed E-state index contributed by atoms with van der Waals surface area (Å²) in [5, 5.41) is 2.68. The van der Waals surface area contributed by atoms with E-state index in [1.165, 1.54) is 12.1 Å². The van der Waals surface area contributed by atoms with Crippen molar-refractivity contribution in [1.29, 1.82) is 0 Å². The van der Waals surface area contributed by atoms with Crippen LogP contribution in [0.1, 0.15) is 25.0 Å². The standard InChI is InChI=1S/C19H18F3N3O/c1-18(2,10-23-11-26)14-7-8-15-16(9-14)25-17(24-15)12-3-5-13(6-4-12)19(20,21)22/h3-9,11H,10H2,1-2H3,(H,23,26)(H,24,25). The van der Waals surface area contributed by atoms with E-state index >= 15 is 0 Å². The van der Waals surface area contributed by atoms with Crippen molar-refractivity contribution in [2.75, 3.05) is 6.54 Å². The molecule has 0 fully saturated rings. The Morgan fingerprint density at radius 1 is 1.08 bits per heavy atom. The molecule has 0 saturated carbocycles. The number of aromatic nitrogens is 2. The molecule has 7 heteroatoms. The van der Waals surface area contributed by atoms with Gasteiger partial charge < -0.3 is 10.3 Å². The van der Waals surface area contributed by atoms with Gasteiger partial charge in [-0.1, -0.05) is 32.0 Å². The van der Waals surface area contributed by atoms with Gasteiger partial charge in [-0.15, -0.1) is 0 Å². The monoisotopic (exact) mass is 361 g/mol. The van der Waals surface area contributed by atoms with Gasteiger partial charge in [0.25, 0.3) is 0 Å². The summed E-state index contributed by atoms with van der Waals surface area (Å²) in [6.07, 6.45) is -3.69. The lowest BCUT2D eigenvalue weighted by atomic mass is 9.84. The summed E-state index contributed by atoms with van der Waals surface area (Å²) < 4.78 is 38.1. The Morgan fingerprint density at radius 2 is 1.73 bits per heavy atom. The van der Waals surface area contributed by atoms with Crippen molar-refractivity contribution in [2.24, 2.45) is 0 Å². The van der Waals surface area contributed by atoms with E-state index in [0.29, 0.717) is 24.3 Å². The molecule has 2 N–H and O–H groups in total. The first kappa shape index (κ1) is 18.0. The van der Waals surface area contributed by atoms with Crippen LogP contribution in [0.25, 0.3) is 22.4 Å². The van der Waals surface area contributed by atoms with Crippen LogP contribution in [0.15, 0.2) is 42.5 Å². The van der Waals surface area contributed by atoms with Crippen molar-refractivity contribution in [3.8, 4) is 11.4 Å². The second-order valence-electron chi connectivity index (χ2n) is 6.78. The minimum absolute atomic E-state index is 0.275. The molecule has 0 saturated heterocycles. The van der Waals surface area contributed by atoms with Crippen molar-refractivity contribution in [2.45, 2.75) is 25.4 Å². The Hall–Kier alpha value is -2.83. The van der Waals surface area contributed by atoms with Crippen LogP contribution >= 0.6 is 0 Å². The van der Waals surface area contributed by atoms with Gasteiger partial charge in [-0.3, -0.25) is 4.79 Å². The lowest BCUT2D eigenvalue weighted by molar-refractivity contribution is -0.137. The number of benzene rings is 2. The number of amides is 1. The van der Waals surface area contributed by atoms with Crippen molar-refractivity contribution in [3.05, 3.63) is 53.6 Å².